The number of aliphatic hydroxyl groups is 1. The zero-order valence-corrected chi connectivity index (χ0v) is 8.01. The second-order valence-electron chi connectivity index (χ2n) is 2.91. The van der Waals surface area contributed by atoms with Crippen LogP contribution in [0.3, 0.4) is 0 Å². The lowest BCUT2D eigenvalue weighted by Crippen LogP contribution is -2.26. The fourth-order valence-electron chi connectivity index (χ4n) is 1.30. The van der Waals surface area contributed by atoms with Gasteiger partial charge in [0.05, 0.1) is 6.10 Å². The lowest BCUT2D eigenvalue weighted by molar-refractivity contribution is 0.133. The van der Waals surface area contributed by atoms with Crippen molar-refractivity contribution in [3.63, 3.8) is 0 Å². The first-order valence-corrected chi connectivity index (χ1v) is 4.65. The van der Waals surface area contributed by atoms with Crippen molar-refractivity contribution in [1.82, 2.24) is 4.90 Å². The summed E-state index contributed by atoms with van der Waals surface area (Å²) in [5, 5.41) is 9.22. The Hall–Kier alpha value is -0.0800. The second-order valence-corrected chi connectivity index (χ2v) is 2.91. The van der Waals surface area contributed by atoms with Crippen LogP contribution in [0.2, 0.25) is 0 Å². The van der Waals surface area contributed by atoms with Crippen molar-refractivity contribution in [3.8, 4) is 0 Å². The summed E-state index contributed by atoms with van der Waals surface area (Å²) in [4.78, 5) is 2.19. The molecule has 0 aliphatic carbocycles. The summed E-state index contributed by atoms with van der Waals surface area (Å²) in [5.74, 6) is 0. The fraction of sp³-hybridized carbons (Fsp3) is 1.00. The van der Waals surface area contributed by atoms with Gasteiger partial charge < -0.3 is 10.0 Å². The van der Waals surface area contributed by atoms with Crippen LogP contribution in [0.4, 0.5) is 0 Å². The van der Waals surface area contributed by atoms with Crippen LogP contribution in [0.5, 0.6) is 0 Å². The number of hydrogen-bond acceptors (Lipinski definition) is 2. The predicted molar refractivity (Wildman–Crippen MR) is 48.7 cm³/mol. The smallest absolute Gasteiger partial charge is 0.0667 e. The molecule has 2 heteroatoms. The van der Waals surface area contributed by atoms with Gasteiger partial charge in [0, 0.05) is 6.54 Å². The normalized spacial score (nSPS) is 26.7. The van der Waals surface area contributed by atoms with Gasteiger partial charge in [-0.15, -0.1) is 0 Å². The molecule has 2 nitrogen and oxygen atoms in total. The molecule has 1 aliphatic rings. The van der Waals surface area contributed by atoms with Gasteiger partial charge in [-0.3, -0.25) is 0 Å². The molecule has 0 aromatic heterocycles. The van der Waals surface area contributed by atoms with Crippen molar-refractivity contribution in [2.75, 3.05) is 20.1 Å². The number of likely N-dealkylation sites (N-methyl/N-ethyl adjacent to an activating group) is 1. The molecule has 0 radical (unpaired) electrons. The van der Waals surface area contributed by atoms with Gasteiger partial charge >= 0.3 is 0 Å². The molecule has 1 rings (SSSR count). The number of β-amino-alcohol motifs (C(OH)–C–C–N with tert-alkyl or cyclic N) is 1. The summed E-state index contributed by atoms with van der Waals surface area (Å²) in [6.45, 7) is 6.01. The third-order valence-electron chi connectivity index (χ3n) is 1.85. The van der Waals surface area contributed by atoms with Crippen LogP contribution in [0.15, 0.2) is 0 Å². The summed E-state index contributed by atoms with van der Waals surface area (Å²) in [5.41, 5.74) is 0. The maximum Gasteiger partial charge on any atom is 0.0667 e. The Kier molecular flexibility index (Phi) is 6.57. The first kappa shape index (κ1) is 10.9. The van der Waals surface area contributed by atoms with Gasteiger partial charge in [-0.1, -0.05) is 13.8 Å². The molecular weight excluding hydrogens is 138 g/mol. The van der Waals surface area contributed by atoms with Crippen molar-refractivity contribution in [3.05, 3.63) is 0 Å². The van der Waals surface area contributed by atoms with Gasteiger partial charge in [0.25, 0.3) is 0 Å². The number of hydrogen-bond donors (Lipinski definition) is 1. The Balaban J connectivity index is 0.000000461. The molecule has 1 aliphatic heterocycles. The van der Waals surface area contributed by atoms with Crippen molar-refractivity contribution in [2.24, 2.45) is 0 Å². The third kappa shape index (κ3) is 5.22. The molecule has 11 heavy (non-hydrogen) atoms. The fourth-order valence-corrected chi connectivity index (χ4v) is 1.30. The molecule has 0 aromatic carbocycles. The molecule has 0 amide bonds. The molecule has 1 fully saturated rings. The van der Waals surface area contributed by atoms with Gasteiger partial charge in [0.2, 0.25) is 0 Å². The first-order chi connectivity index (χ1) is 5.29. The molecule has 0 saturated carbocycles. The molecule has 68 valence electrons. The average Bonchev–Trinajstić information content (AvgIpc) is 2.18. The molecule has 0 aromatic rings. The highest BCUT2D eigenvalue weighted by Gasteiger charge is 2.11. The van der Waals surface area contributed by atoms with Crippen LogP contribution in [-0.2, 0) is 0 Å². The summed E-state index contributed by atoms with van der Waals surface area (Å²) in [6.07, 6.45) is 3.35. The van der Waals surface area contributed by atoms with Crippen LogP contribution >= 0.6 is 0 Å². The molecule has 1 saturated heterocycles. The maximum atomic E-state index is 9.22. The maximum absolute atomic E-state index is 9.22. The molecule has 1 atom stereocenters. The van der Waals surface area contributed by atoms with E-state index < -0.39 is 0 Å². The molecule has 0 spiro atoms. The summed E-state index contributed by atoms with van der Waals surface area (Å²) >= 11 is 0. The van der Waals surface area contributed by atoms with Crippen LogP contribution in [-0.4, -0.2) is 36.2 Å². The highest BCUT2D eigenvalue weighted by Crippen LogP contribution is 2.07. The van der Waals surface area contributed by atoms with E-state index >= 15 is 0 Å². The van der Waals surface area contributed by atoms with E-state index in [1.807, 2.05) is 13.8 Å². The lowest BCUT2D eigenvalue weighted by Gasteiger charge is -2.14. The minimum absolute atomic E-state index is 0.0718. The third-order valence-corrected chi connectivity index (χ3v) is 1.85. The lowest BCUT2D eigenvalue weighted by atomic mass is 10.2. The van der Waals surface area contributed by atoms with Gasteiger partial charge in [-0.2, -0.15) is 0 Å². The van der Waals surface area contributed by atoms with E-state index in [9.17, 15) is 5.11 Å². The Morgan fingerprint density at radius 3 is 2.55 bits per heavy atom. The largest absolute Gasteiger partial charge is 0.392 e. The van der Waals surface area contributed by atoms with Crippen molar-refractivity contribution in [2.45, 2.75) is 39.2 Å². The summed E-state index contributed by atoms with van der Waals surface area (Å²) < 4.78 is 0. The van der Waals surface area contributed by atoms with E-state index in [2.05, 4.69) is 11.9 Å². The van der Waals surface area contributed by atoms with Crippen LogP contribution in [0.25, 0.3) is 0 Å². The number of nitrogens with zero attached hydrogens (tertiary/aromatic N) is 1. The zero-order valence-electron chi connectivity index (χ0n) is 8.01. The molecule has 1 N–H and O–H groups in total. The van der Waals surface area contributed by atoms with E-state index in [-0.39, 0.29) is 6.10 Å². The zero-order chi connectivity index (χ0) is 8.69. The molecule has 0 bridgehead atoms. The Morgan fingerprint density at radius 1 is 1.27 bits per heavy atom. The van der Waals surface area contributed by atoms with E-state index in [1.165, 1.54) is 12.8 Å². The monoisotopic (exact) mass is 159 g/mol. The SMILES string of the molecule is CC.CN1CCCCC(O)C1. The Labute approximate surface area is 70.2 Å². The minimum atomic E-state index is -0.0718. The van der Waals surface area contributed by atoms with Gasteiger partial charge in [0.1, 0.15) is 0 Å². The van der Waals surface area contributed by atoms with Crippen molar-refractivity contribution < 1.29 is 5.11 Å². The molecule has 1 heterocycles. The minimum Gasteiger partial charge on any atom is -0.392 e. The quantitative estimate of drug-likeness (QED) is 0.579. The van der Waals surface area contributed by atoms with Crippen LogP contribution in [0, 0.1) is 0 Å². The van der Waals surface area contributed by atoms with Crippen molar-refractivity contribution in [1.29, 1.82) is 0 Å². The summed E-state index contributed by atoms with van der Waals surface area (Å²) in [7, 11) is 2.06. The number of aliphatic hydroxyl groups excluding tert-OH is 1. The Bertz CT molecular complexity index is 75.6. The first-order valence-electron chi connectivity index (χ1n) is 4.65. The Morgan fingerprint density at radius 2 is 1.91 bits per heavy atom. The average molecular weight is 159 g/mol. The van der Waals surface area contributed by atoms with Crippen LogP contribution in [0.1, 0.15) is 33.1 Å². The van der Waals surface area contributed by atoms with E-state index in [1.54, 1.807) is 0 Å². The van der Waals surface area contributed by atoms with Crippen molar-refractivity contribution >= 4 is 0 Å². The highest BCUT2D eigenvalue weighted by molar-refractivity contribution is 4.66. The van der Waals surface area contributed by atoms with E-state index in [4.69, 9.17) is 0 Å². The van der Waals surface area contributed by atoms with E-state index in [0.717, 1.165) is 19.5 Å². The molecule has 1 unspecified atom stereocenters. The molecular formula is C9H21NO. The second kappa shape index (κ2) is 6.62. The predicted octanol–water partition coefficient (Wildman–Crippen LogP) is 1.49. The van der Waals surface area contributed by atoms with Crippen LogP contribution < -0.4 is 0 Å². The number of rotatable bonds is 0. The standard InChI is InChI=1S/C7H15NO.C2H6/c1-8-5-3-2-4-7(9)6-8;1-2/h7,9H,2-6H2,1H3;1-2H3. The van der Waals surface area contributed by atoms with Gasteiger partial charge in [-0.05, 0) is 32.9 Å². The van der Waals surface area contributed by atoms with Gasteiger partial charge in [0.15, 0.2) is 0 Å². The highest BCUT2D eigenvalue weighted by atomic mass is 16.3. The van der Waals surface area contributed by atoms with E-state index in [0.29, 0.717) is 0 Å². The van der Waals surface area contributed by atoms with Gasteiger partial charge in [-0.25, -0.2) is 0 Å². The topological polar surface area (TPSA) is 23.5 Å². The summed E-state index contributed by atoms with van der Waals surface area (Å²) in [6, 6.07) is 0. The number of likely N-dealkylation sites (tertiary alicyclic amines) is 1.